The van der Waals surface area contributed by atoms with Crippen LogP contribution in [0, 0.1) is 16.7 Å². The maximum Gasteiger partial charge on any atom is 0.163 e. The Morgan fingerprint density at radius 1 is 1.65 bits per heavy atom. The molecular weight excluding hydrogens is 240 g/mol. The molecule has 0 aromatic carbocycles. The van der Waals surface area contributed by atoms with Gasteiger partial charge in [-0.3, -0.25) is 5.41 Å². The second kappa shape index (κ2) is 4.28. The molecule has 0 fully saturated rings. The van der Waals surface area contributed by atoms with E-state index in [4.69, 9.17) is 22.3 Å². The highest BCUT2D eigenvalue weighted by atomic mass is 35.5. The van der Waals surface area contributed by atoms with E-state index in [2.05, 4.69) is 16.1 Å². The lowest BCUT2D eigenvalue weighted by Gasteiger charge is -2.30. The Labute approximate surface area is 104 Å². The van der Waals surface area contributed by atoms with Crippen molar-refractivity contribution in [3.63, 3.8) is 0 Å². The molecule has 0 saturated heterocycles. The van der Waals surface area contributed by atoms with Gasteiger partial charge in [-0.15, -0.1) is 0 Å². The van der Waals surface area contributed by atoms with Crippen LogP contribution >= 0.6 is 11.6 Å². The number of nitrogens with one attached hydrogen (secondary N) is 4. The van der Waals surface area contributed by atoms with E-state index in [9.17, 15) is 0 Å². The number of halogens is 1. The number of fused-ring (bicyclic) bond motifs is 1. The summed E-state index contributed by atoms with van der Waals surface area (Å²) in [6.45, 7) is 4.47. The van der Waals surface area contributed by atoms with E-state index in [1.54, 1.807) is 0 Å². The van der Waals surface area contributed by atoms with Crippen molar-refractivity contribution in [2.24, 2.45) is 0 Å². The SMILES string of the molecule is CCNC1=C(C#N)C(=N)N2NC(C)C(Cl)=C2N1. The third-order valence-electron chi connectivity index (χ3n) is 2.57. The third kappa shape index (κ3) is 1.73. The van der Waals surface area contributed by atoms with E-state index in [0.29, 0.717) is 23.2 Å². The van der Waals surface area contributed by atoms with Crippen LogP contribution in [0.1, 0.15) is 13.8 Å². The van der Waals surface area contributed by atoms with Crippen LogP contribution in [0.25, 0.3) is 0 Å². The van der Waals surface area contributed by atoms with Gasteiger partial charge >= 0.3 is 0 Å². The summed E-state index contributed by atoms with van der Waals surface area (Å²) in [6.07, 6.45) is 0. The molecule has 0 saturated carbocycles. The summed E-state index contributed by atoms with van der Waals surface area (Å²) in [5.41, 5.74) is 3.27. The third-order valence-corrected chi connectivity index (χ3v) is 3.08. The van der Waals surface area contributed by atoms with E-state index in [0.717, 1.165) is 0 Å². The first-order valence-electron chi connectivity index (χ1n) is 5.30. The van der Waals surface area contributed by atoms with Crippen LogP contribution in [-0.2, 0) is 0 Å². The minimum atomic E-state index is -0.0690. The van der Waals surface area contributed by atoms with Gasteiger partial charge in [0.1, 0.15) is 23.3 Å². The van der Waals surface area contributed by atoms with Gasteiger partial charge in [-0.25, -0.2) is 10.4 Å². The predicted molar refractivity (Wildman–Crippen MR) is 64.5 cm³/mol. The predicted octanol–water partition coefficient (Wildman–Crippen LogP) is 0.528. The summed E-state index contributed by atoms with van der Waals surface area (Å²) >= 11 is 6.14. The molecule has 1 unspecified atom stereocenters. The molecule has 0 aromatic heterocycles. The monoisotopic (exact) mass is 252 g/mol. The summed E-state index contributed by atoms with van der Waals surface area (Å²) in [4.78, 5) is 0. The van der Waals surface area contributed by atoms with Crippen LogP contribution in [0.15, 0.2) is 22.2 Å². The molecule has 17 heavy (non-hydrogen) atoms. The molecule has 0 radical (unpaired) electrons. The van der Waals surface area contributed by atoms with Crippen molar-refractivity contribution in [1.82, 2.24) is 21.1 Å². The molecule has 2 rings (SSSR count). The van der Waals surface area contributed by atoms with Crippen LogP contribution in [0.3, 0.4) is 0 Å². The average molecular weight is 253 g/mol. The first kappa shape index (κ1) is 11.8. The van der Waals surface area contributed by atoms with Crippen molar-refractivity contribution in [3.05, 3.63) is 22.2 Å². The molecule has 0 aliphatic carbocycles. The van der Waals surface area contributed by atoms with Crippen LogP contribution in [0.5, 0.6) is 0 Å². The Kier molecular flexibility index (Phi) is 2.96. The van der Waals surface area contributed by atoms with Gasteiger partial charge in [0.15, 0.2) is 5.84 Å². The maximum absolute atomic E-state index is 9.08. The smallest absolute Gasteiger partial charge is 0.163 e. The largest absolute Gasteiger partial charge is 0.371 e. The summed E-state index contributed by atoms with van der Waals surface area (Å²) in [5.74, 6) is 1.24. The maximum atomic E-state index is 9.08. The Hall–Kier alpha value is -1.71. The molecule has 0 bridgehead atoms. The second-order valence-corrected chi connectivity index (χ2v) is 4.16. The van der Waals surface area contributed by atoms with Gasteiger partial charge in [0.2, 0.25) is 0 Å². The standard InChI is InChI=1S/C10H13ClN6/c1-3-14-9-6(4-12)8(13)17-10(15-9)7(11)5(2)16-17/h5,13-16H,3H2,1-2H3. The van der Waals surface area contributed by atoms with Crippen molar-refractivity contribution < 1.29 is 0 Å². The van der Waals surface area contributed by atoms with Gasteiger partial charge in [-0.1, -0.05) is 11.6 Å². The molecule has 7 heteroatoms. The molecule has 0 amide bonds. The number of nitriles is 1. The zero-order valence-electron chi connectivity index (χ0n) is 9.56. The summed E-state index contributed by atoms with van der Waals surface area (Å²) < 4.78 is 0. The lowest BCUT2D eigenvalue weighted by atomic mass is 10.2. The minimum Gasteiger partial charge on any atom is -0.371 e. The van der Waals surface area contributed by atoms with Crippen LogP contribution < -0.4 is 16.1 Å². The highest BCUT2D eigenvalue weighted by Gasteiger charge is 2.36. The molecule has 2 aliphatic rings. The first-order chi connectivity index (χ1) is 8.10. The molecule has 0 aromatic rings. The number of hydrogen-bond acceptors (Lipinski definition) is 5. The number of rotatable bonds is 2. The number of amidine groups is 1. The fraction of sp³-hybridized carbons (Fsp3) is 0.400. The van der Waals surface area contributed by atoms with Crippen molar-refractivity contribution >= 4 is 17.4 Å². The first-order valence-corrected chi connectivity index (χ1v) is 5.68. The molecule has 4 N–H and O–H groups in total. The molecule has 2 heterocycles. The highest BCUT2D eigenvalue weighted by Crippen LogP contribution is 2.27. The number of hydrazine groups is 1. The lowest BCUT2D eigenvalue weighted by Crippen LogP contribution is -2.49. The van der Waals surface area contributed by atoms with E-state index < -0.39 is 0 Å². The van der Waals surface area contributed by atoms with E-state index >= 15 is 0 Å². The van der Waals surface area contributed by atoms with Gasteiger partial charge in [0.25, 0.3) is 0 Å². The fourth-order valence-corrected chi connectivity index (χ4v) is 1.93. The number of nitrogens with zero attached hydrogens (tertiary/aromatic N) is 2. The van der Waals surface area contributed by atoms with Gasteiger partial charge in [0, 0.05) is 6.54 Å². The van der Waals surface area contributed by atoms with Gasteiger partial charge in [-0.2, -0.15) is 5.26 Å². The van der Waals surface area contributed by atoms with Gasteiger partial charge in [0.05, 0.1) is 11.1 Å². The number of hydrogen-bond donors (Lipinski definition) is 4. The Bertz CT molecular complexity index is 472. The van der Waals surface area contributed by atoms with Crippen molar-refractivity contribution in [1.29, 1.82) is 10.7 Å². The summed E-state index contributed by atoms with van der Waals surface area (Å²) in [5, 5.41) is 25.2. The Morgan fingerprint density at radius 2 is 2.35 bits per heavy atom. The normalized spacial score (nSPS) is 23.5. The molecule has 1 atom stereocenters. The van der Waals surface area contributed by atoms with E-state index in [1.807, 2.05) is 19.9 Å². The quantitative estimate of drug-likeness (QED) is 0.576. The van der Waals surface area contributed by atoms with Gasteiger partial charge < -0.3 is 10.6 Å². The van der Waals surface area contributed by atoms with Crippen LogP contribution in [-0.4, -0.2) is 23.4 Å². The van der Waals surface area contributed by atoms with Crippen LogP contribution in [0.2, 0.25) is 0 Å². The zero-order valence-corrected chi connectivity index (χ0v) is 10.3. The van der Waals surface area contributed by atoms with Gasteiger partial charge in [-0.05, 0) is 13.8 Å². The summed E-state index contributed by atoms with van der Waals surface area (Å²) in [7, 11) is 0. The van der Waals surface area contributed by atoms with Crippen LogP contribution in [0.4, 0.5) is 0 Å². The Morgan fingerprint density at radius 3 is 2.94 bits per heavy atom. The molecule has 2 aliphatic heterocycles. The van der Waals surface area contributed by atoms with Crippen molar-refractivity contribution in [2.45, 2.75) is 19.9 Å². The zero-order chi connectivity index (χ0) is 12.6. The summed E-state index contributed by atoms with van der Waals surface area (Å²) in [6, 6.07) is 1.94. The van der Waals surface area contributed by atoms with E-state index in [-0.39, 0.29) is 17.5 Å². The molecule has 6 nitrogen and oxygen atoms in total. The van der Waals surface area contributed by atoms with E-state index in [1.165, 1.54) is 5.01 Å². The van der Waals surface area contributed by atoms with Crippen molar-refractivity contribution in [3.8, 4) is 6.07 Å². The van der Waals surface area contributed by atoms with Crippen molar-refractivity contribution in [2.75, 3.05) is 6.54 Å². The molecule has 90 valence electrons. The highest BCUT2D eigenvalue weighted by molar-refractivity contribution is 6.31. The lowest BCUT2D eigenvalue weighted by molar-refractivity contribution is 0.365. The minimum absolute atomic E-state index is 0.0690. The molecule has 0 spiro atoms. The molecular formula is C10H13ClN6. The average Bonchev–Trinajstić information content (AvgIpc) is 2.58. The second-order valence-electron chi connectivity index (χ2n) is 3.75. The Balaban J connectivity index is 2.44. The topological polar surface area (TPSA) is 87.0 Å². The fourth-order valence-electron chi connectivity index (χ4n) is 1.75.